The van der Waals surface area contributed by atoms with Crippen LogP contribution in [0.3, 0.4) is 0 Å². The van der Waals surface area contributed by atoms with Crippen molar-refractivity contribution in [2.24, 2.45) is 0 Å². The second-order valence-electron chi connectivity index (χ2n) is 8.59. The average Bonchev–Trinajstić information content (AvgIpc) is 3.26. The van der Waals surface area contributed by atoms with Crippen LogP contribution >= 0.6 is 0 Å². The highest BCUT2D eigenvalue weighted by Gasteiger charge is 2.39. The third kappa shape index (κ3) is 4.15. The molecule has 9 nitrogen and oxygen atoms in total. The Hall–Kier alpha value is -4.66. The van der Waals surface area contributed by atoms with E-state index in [2.05, 4.69) is 0 Å². The first-order valence-electron chi connectivity index (χ1n) is 11.8. The van der Waals surface area contributed by atoms with Gasteiger partial charge in [-0.1, -0.05) is 6.07 Å². The van der Waals surface area contributed by atoms with Crippen molar-refractivity contribution in [1.29, 1.82) is 0 Å². The third-order valence-electron chi connectivity index (χ3n) is 6.61. The predicted molar refractivity (Wildman–Crippen MR) is 137 cm³/mol. The fourth-order valence-electron chi connectivity index (χ4n) is 4.77. The van der Waals surface area contributed by atoms with E-state index in [1.807, 2.05) is 12.1 Å². The Balaban J connectivity index is 1.60. The van der Waals surface area contributed by atoms with Gasteiger partial charge in [0.25, 0.3) is 0 Å². The van der Waals surface area contributed by atoms with Crippen molar-refractivity contribution in [3.05, 3.63) is 70.5 Å². The highest BCUT2D eigenvalue weighted by atomic mass is 16.5. The Bertz CT molecular complexity index is 1470. The molecule has 0 saturated heterocycles. The fraction of sp³-hybridized carbons (Fsp3) is 0.241. The van der Waals surface area contributed by atoms with Crippen LogP contribution in [0.2, 0.25) is 0 Å². The van der Waals surface area contributed by atoms with Gasteiger partial charge in [-0.05, 0) is 42.0 Å². The van der Waals surface area contributed by atoms with Gasteiger partial charge in [0.1, 0.15) is 17.2 Å². The van der Waals surface area contributed by atoms with Crippen molar-refractivity contribution in [1.82, 2.24) is 0 Å². The van der Waals surface area contributed by atoms with E-state index in [1.165, 1.54) is 21.3 Å². The molecule has 0 spiro atoms. The highest BCUT2D eigenvalue weighted by molar-refractivity contribution is 6.15. The first kappa shape index (κ1) is 25.0. The number of esters is 1. The van der Waals surface area contributed by atoms with E-state index in [1.54, 1.807) is 50.6 Å². The largest absolute Gasteiger partial charge is 0.496 e. The lowest BCUT2D eigenvalue weighted by molar-refractivity contribution is -0.135. The van der Waals surface area contributed by atoms with Gasteiger partial charge in [-0.15, -0.1) is 0 Å². The number of hydrogen-bond donors (Lipinski definition) is 0. The predicted octanol–water partition coefficient (Wildman–Crippen LogP) is 4.79. The van der Waals surface area contributed by atoms with Crippen LogP contribution in [0.4, 0.5) is 0 Å². The van der Waals surface area contributed by atoms with E-state index in [4.69, 9.17) is 33.2 Å². The van der Waals surface area contributed by atoms with Crippen molar-refractivity contribution in [3.8, 4) is 40.2 Å². The minimum Gasteiger partial charge on any atom is -0.496 e. The molecule has 196 valence electrons. The van der Waals surface area contributed by atoms with E-state index < -0.39 is 5.92 Å². The molecule has 9 heteroatoms. The second-order valence-corrected chi connectivity index (χ2v) is 8.59. The maximum absolute atomic E-state index is 13.4. The van der Waals surface area contributed by atoms with Crippen molar-refractivity contribution < 1.29 is 42.7 Å². The molecule has 2 aliphatic heterocycles. The molecule has 2 aliphatic rings. The lowest BCUT2D eigenvalue weighted by Gasteiger charge is -2.26. The summed E-state index contributed by atoms with van der Waals surface area (Å²) in [5.41, 5.74) is 2.35. The molecular formula is C29H26O9. The molecule has 1 atom stereocenters. The summed E-state index contributed by atoms with van der Waals surface area (Å²) in [6.45, 7) is 0. The second kappa shape index (κ2) is 10.0. The summed E-state index contributed by atoms with van der Waals surface area (Å²) < 4.78 is 38.8. The summed E-state index contributed by atoms with van der Waals surface area (Å²) in [4.78, 5) is 25.9. The van der Waals surface area contributed by atoms with Crippen LogP contribution in [-0.2, 0) is 4.79 Å². The van der Waals surface area contributed by atoms with E-state index in [-0.39, 0.29) is 23.9 Å². The number of Topliss-reactive ketones (excluding diaryl/α,β-unsaturated/α-hetero) is 1. The molecule has 0 aliphatic carbocycles. The minimum absolute atomic E-state index is 0.0685. The zero-order valence-electron chi connectivity index (χ0n) is 21.6. The number of carbonyl (C=O) groups is 2. The number of fused-ring (bicyclic) bond motifs is 3. The SMILES string of the molecule is COc1cc(OC)c(OC)cc1/C=C1/Oc2c(ccc3c2C(c2ccc(OC)c(OC)c2)CC(=O)O3)C1=O. The maximum atomic E-state index is 13.4. The summed E-state index contributed by atoms with van der Waals surface area (Å²) in [5.74, 6) is 2.21. The number of ketones is 1. The molecule has 0 saturated carbocycles. The lowest BCUT2D eigenvalue weighted by atomic mass is 9.84. The molecule has 0 amide bonds. The Morgan fingerprint density at radius 1 is 0.737 bits per heavy atom. The fourth-order valence-corrected chi connectivity index (χ4v) is 4.77. The van der Waals surface area contributed by atoms with Crippen LogP contribution in [0.25, 0.3) is 6.08 Å². The van der Waals surface area contributed by atoms with E-state index >= 15 is 0 Å². The van der Waals surface area contributed by atoms with E-state index in [0.717, 1.165) is 5.56 Å². The number of hydrogen-bond acceptors (Lipinski definition) is 9. The van der Waals surface area contributed by atoms with Gasteiger partial charge in [0, 0.05) is 23.1 Å². The topological polar surface area (TPSA) is 98.8 Å². The van der Waals surface area contributed by atoms with E-state index in [0.29, 0.717) is 56.9 Å². The van der Waals surface area contributed by atoms with Crippen molar-refractivity contribution in [2.45, 2.75) is 12.3 Å². The minimum atomic E-state index is -0.427. The van der Waals surface area contributed by atoms with Crippen molar-refractivity contribution in [3.63, 3.8) is 0 Å². The molecule has 5 rings (SSSR count). The van der Waals surface area contributed by atoms with Gasteiger partial charge in [-0.2, -0.15) is 0 Å². The number of rotatable bonds is 7. The first-order chi connectivity index (χ1) is 18.4. The molecule has 0 aromatic heterocycles. The summed E-state index contributed by atoms with van der Waals surface area (Å²) in [7, 11) is 7.67. The Morgan fingerprint density at radius 2 is 1.39 bits per heavy atom. The van der Waals surface area contributed by atoms with Gasteiger partial charge < -0.3 is 33.2 Å². The van der Waals surface area contributed by atoms with Gasteiger partial charge >= 0.3 is 5.97 Å². The molecular weight excluding hydrogens is 492 g/mol. The van der Waals surface area contributed by atoms with Crippen LogP contribution in [0.1, 0.15) is 39.4 Å². The molecule has 1 unspecified atom stereocenters. The lowest BCUT2D eigenvalue weighted by Crippen LogP contribution is -2.21. The average molecular weight is 519 g/mol. The van der Waals surface area contributed by atoms with Crippen molar-refractivity contribution in [2.75, 3.05) is 35.5 Å². The number of allylic oxidation sites excluding steroid dienone is 1. The standard InChI is InChI=1S/C29H26O9/c1-32-19-8-6-15(10-22(19)34-3)18-13-26(30)37-20-9-7-17-28(31)25(38-29(17)27(18)20)12-16-11-23(35-4)24(36-5)14-21(16)33-2/h6-12,14,18H,13H2,1-5H3/b25-12+. The van der Waals surface area contributed by atoms with Crippen LogP contribution in [0.5, 0.6) is 40.2 Å². The summed E-state index contributed by atoms with van der Waals surface area (Å²) >= 11 is 0. The summed E-state index contributed by atoms with van der Waals surface area (Å²) in [6, 6.07) is 12.1. The number of methoxy groups -OCH3 is 5. The van der Waals surface area contributed by atoms with Gasteiger partial charge in [0.05, 0.1) is 47.5 Å². The molecule has 3 aromatic carbocycles. The Morgan fingerprint density at radius 3 is 2.08 bits per heavy atom. The van der Waals surface area contributed by atoms with Crippen molar-refractivity contribution >= 4 is 17.8 Å². The molecule has 2 heterocycles. The number of ether oxygens (including phenoxy) is 7. The monoisotopic (exact) mass is 518 g/mol. The van der Waals surface area contributed by atoms with Gasteiger partial charge in [0.2, 0.25) is 5.78 Å². The van der Waals surface area contributed by atoms with Crippen LogP contribution in [0, 0.1) is 0 Å². The molecule has 0 N–H and O–H groups in total. The Kier molecular flexibility index (Phi) is 6.59. The normalized spacial score (nSPS) is 16.8. The third-order valence-corrected chi connectivity index (χ3v) is 6.61. The summed E-state index contributed by atoms with van der Waals surface area (Å²) in [6.07, 6.45) is 1.66. The molecule has 3 aromatic rings. The Labute approximate surface area is 219 Å². The zero-order valence-corrected chi connectivity index (χ0v) is 21.6. The van der Waals surface area contributed by atoms with E-state index in [9.17, 15) is 9.59 Å². The first-order valence-corrected chi connectivity index (χ1v) is 11.8. The zero-order chi connectivity index (χ0) is 27.0. The molecule has 0 radical (unpaired) electrons. The van der Waals surface area contributed by atoms with Gasteiger partial charge in [0.15, 0.2) is 28.8 Å². The molecule has 0 bridgehead atoms. The number of carbonyl (C=O) groups excluding carboxylic acids is 2. The molecule has 38 heavy (non-hydrogen) atoms. The smallest absolute Gasteiger partial charge is 0.312 e. The van der Waals surface area contributed by atoms with Crippen LogP contribution < -0.4 is 33.2 Å². The van der Waals surface area contributed by atoms with Gasteiger partial charge in [-0.25, -0.2) is 0 Å². The quantitative estimate of drug-likeness (QED) is 0.248. The van der Waals surface area contributed by atoms with Crippen LogP contribution in [0.15, 0.2) is 48.2 Å². The highest BCUT2D eigenvalue weighted by Crippen LogP contribution is 2.50. The number of benzene rings is 3. The summed E-state index contributed by atoms with van der Waals surface area (Å²) in [5, 5.41) is 0. The van der Waals surface area contributed by atoms with Gasteiger partial charge in [-0.3, -0.25) is 9.59 Å². The molecule has 0 fully saturated rings. The van der Waals surface area contributed by atoms with Crippen LogP contribution in [-0.4, -0.2) is 47.3 Å². The maximum Gasteiger partial charge on any atom is 0.312 e.